The van der Waals surface area contributed by atoms with Crippen molar-refractivity contribution >= 4 is 11.9 Å². The zero-order valence-electron chi connectivity index (χ0n) is 18.6. The molecule has 0 unspecified atom stereocenters. The smallest absolute Gasteiger partial charge is 0.306 e. The fourth-order valence-corrected chi connectivity index (χ4v) is 5.71. The second kappa shape index (κ2) is 10.0. The van der Waals surface area contributed by atoms with Gasteiger partial charge in [0.15, 0.2) is 0 Å². The van der Waals surface area contributed by atoms with Gasteiger partial charge in [0.05, 0.1) is 5.92 Å². The third-order valence-corrected chi connectivity index (χ3v) is 7.63. The van der Waals surface area contributed by atoms with E-state index in [0.29, 0.717) is 37.4 Å². The van der Waals surface area contributed by atoms with Gasteiger partial charge in [-0.15, -0.1) is 0 Å². The summed E-state index contributed by atoms with van der Waals surface area (Å²) in [6, 6.07) is 1.88. The number of carboxylic acids is 1. The predicted octanol–water partition coefficient (Wildman–Crippen LogP) is 4.02. The quantitative estimate of drug-likeness (QED) is 0.785. The molecule has 1 aromatic rings. The molecule has 6 heteroatoms. The first-order chi connectivity index (χ1) is 15.0. The topological polar surface area (TPSA) is 79.6 Å². The molecule has 1 N–H and O–H groups in total. The van der Waals surface area contributed by atoms with Gasteiger partial charge in [-0.1, -0.05) is 32.1 Å². The number of aryl methyl sites for hydroxylation is 1. The van der Waals surface area contributed by atoms with Crippen molar-refractivity contribution < 1.29 is 14.7 Å². The van der Waals surface area contributed by atoms with Gasteiger partial charge in [-0.05, 0) is 68.9 Å². The van der Waals surface area contributed by atoms with Crippen LogP contribution >= 0.6 is 0 Å². The van der Waals surface area contributed by atoms with Crippen LogP contribution in [0.15, 0.2) is 10.9 Å². The number of aliphatic carboxylic acids is 1. The molecule has 1 amide bonds. The van der Waals surface area contributed by atoms with Crippen molar-refractivity contribution in [1.82, 2.24) is 9.47 Å². The molecule has 0 aromatic carbocycles. The number of aromatic nitrogens is 1. The number of carbonyl (C=O) groups is 2. The lowest BCUT2D eigenvalue weighted by Gasteiger charge is -2.31. The van der Waals surface area contributed by atoms with E-state index in [9.17, 15) is 19.5 Å². The molecule has 0 spiro atoms. The van der Waals surface area contributed by atoms with Gasteiger partial charge in [0.1, 0.15) is 5.56 Å². The van der Waals surface area contributed by atoms with Crippen LogP contribution in [0.4, 0.5) is 0 Å². The summed E-state index contributed by atoms with van der Waals surface area (Å²) < 4.78 is 1.97. The maximum Gasteiger partial charge on any atom is 0.306 e. The van der Waals surface area contributed by atoms with E-state index in [0.717, 1.165) is 37.9 Å². The number of fused-ring (bicyclic) bond motifs is 1. The largest absolute Gasteiger partial charge is 0.481 e. The standard InChI is InChI=1S/C25H36N2O4/c28-23(26-14-12-19(13-15-26)25(30)31)21-16-20-10-6-1-2-7-11-22(20)27(24(21)29)17-18-8-4-3-5-9-18/h16,18-19H,1-15,17H2,(H,30,31). The van der Waals surface area contributed by atoms with Crippen LogP contribution in [0.1, 0.15) is 92.2 Å². The predicted molar refractivity (Wildman–Crippen MR) is 119 cm³/mol. The number of piperidine rings is 1. The Morgan fingerprint density at radius 2 is 1.55 bits per heavy atom. The highest BCUT2D eigenvalue weighted by Crippen LogP contribution is 2.27. The Labute approximate surface area is 184 Å². The van der Waals surface area contributed by atoms with Crippen LogP contribution in [-0.4, -0.2) is 39.5 Å². The molecule has 31 heavy (non-hydrogen) atoms. The number of carboxylic acid groups (broad SMARTS) is 1. The molecule has 1 saturated heterocycles. The summed E-state index contributed by atoms with van der Waals surface area (Å²) in [5.74, 6) is -0.861. The number of carbonyl (C=O) groups excluding carboxylic acids is 1. The Balaban J connectivity index is 1.64. The van der Waals surface area contributed by atoms with Gasteiger partial charge in [-0.25, -0.2) is 0 Å². The molecule has 6 nitrogen and oxygen atoms in total. The molecule has 0 radical (unpaired) electrons. The summed E-state index contributed by atoms with van der Waals surface area (Å²) in [6.45, 7) is 1.56. The van der Waals surface area contributed by atoms with Gasteiger partial charge in [0.25, 0.3) is 11.5 Å². The van der Waals surface area contributed by atoms with Crippen molar-refractivity contribution in [2.24, 2.45) is 11.8 Å². The molecule has 2 fully saturated rings. The number of amides is 1. The Morgan fingerprint density at radius 3 is 2.23 bits per heavy atom. The Bertz CT molecular complexity index is 861. The van der Waals surface area contributed by atoms with Crippen molar-refractivity contribution in [2.75, 3.05) is 13.1 Å². The Hall–Kier alpha value is -2.11. The lowest BCUT2D eigenvalue weighted by molar-refractivity contribution is -0.143. The van der Waals surface area contributed by atoms with E-state index in [4.69, 9.17) is 0 Å². The van der Waals surface area contributed by atoms with Gasteiger partial charge < -0.3 is 14.6 Å². The van der Waals surface area contributed by atoms with Crippen molar-refractivity contribution in [2.45, 2.75) is 90.0 Å². The van der Waals surface area contributed by atoms with E-state index in [1.807, 2.05) is 10.6 Å². The van der Waals surface area contributed by atoms with E-state index >= 15 is 0 Å². The number of nitrogens with zero attached hydrogens (tertiary/aromatic N) is 2. The summed E-state index contributed by atoms with van der Waals surface area (Å²) in [4.78, 5) is 39.9. The number of rotatable bonds is 4. The lowest BCUT2D eigenvalue weighted by atomic mass is 9.88. The number of pyridine rings is 1. The average Bonchev–Trinajstić information content (AvgIpc) is 2.77. The molecule has 2 aliphatic carbocycles. The van der Waals surface area contributed by atoms with E-state index in [1.54, 1.807) is 4.90 Å². The van der Waals surface area contributed by atoms with Crippen LogP contribution < -0.4 is 5.56 Å². The van der Waals surface area contributed by atoms with Crippen LogP contribution in [-0.2, 0) is 24.2 Å². The zero-order chi connectivity index (χ0) is 21.8. The molecule has 1 aliphatic heterocycles. The fourth-order valence-electron chi connectivity index (χ4n) is 5.71. The highest BCUT2D eigenvalue weighted by molar-refractivity contribution is 5.94. The van der Waals surface area contributed by atoms with Gasteiger partial charge in [-0.3, -0.25) is 14.4 Å². The third-order valence-electron chi connectivity index (χ3n) is 7.63. The normalized spacial score (nSPS) is 21.2. The van der Waals surface area contributed by atoms with Crippen LogP contribution in [0.2, 0.25) is 0 Å². The van der Waals surface area contributed by atoms with Gasteiger partial charge >= 0.3 is 5.97 Å². The Kier molecular flexibility index (Phi) is 7.13. The minimum absolute atomic E-state index is 0.129. The molecule has 3 aliphatic rings. The summed E-state index contributed by atoms with van der Waals surface area (Å²) in [5.41, 5.74) is 2.51. The molecule has 1 saturated carbocycles. The van der Waals surface area contributed by atoms with Crippen LogP contribution in [0.25, 0.3) is 0 Å². The van der Waals surface area contributed by atoms with Crippen molar-refractivity contribution in [1.29, 1.82) is 0 Å². The van der Waals surface area contributed by atoms with E-state index in [1.165, 1.54) is 50.5 Å². The van der Waals surface area contributed by atoms with E-state index in [-0.39, 0.29) is 17.4 Å². The summed E-state index contributed by atoms with van der Waals surface area (Å²) >= 11 is 0. The highest BCUT2D eigenvalue weighted by Gasteiger charge is 2.30. The van der Waals surface area contributed by atoms with Gasteiger partial charge in [0.2, 0.25) is 0 Å². The second-order valence-electron chi connectivity index (χ2n) is 9.77. The van der Waals surface area contributed by atoms with Crippen molar-refractivity contribution in [3.63, 3.8) is 0 Å². The second-order valence-corrected chi connectivity index (χ2v) is 9.77. The molecule has 1 aromatic heterocycles. The molecular weight excluding hydrogens is 392 g/mol. The van der Waals surface area contributed by atoms with Crippen molar-refractivity contribution in [3.8, 4) is 0 Å². The van der Waals surface area contributed by atoms with Crippen LogP contribution in [0.3, 0.4) is 0 Å². The minimum Gasteiger partial charge on any atom is -0.481 e. The van der Waals surface area contributed by atoms with Crippen molar-refractivity contribution in [3.05, 3.63) is 33.2 Å². The average molecular weight is 429 g/mol. The summed E-state index contributed by atoms with van der Waals surface area (Å²) in [6.07, 6.45) is 13.5. The monoisotopic (exact) mass is 428 g/mol. The maximum absolute atomic E-state index is 13.6. The third kappa shape index (κ3) is 5.04. The first kappa shape index (κ1) is 22.1. The van der Waals surface area contributed by atoms with Gasteiger partial charge in [-0.2, -0.15) is 0 Å². The number of likely N-dealkylation sites (tertiary alicyclic amines) is 1. The summed E-state index contributed by atoms with van der Waals surface area (Å²) in [5, 5.41) is 9.24. The minimum atomic E-state index is -0.789. The summed E-state index contributed by atoms with van der Waals surface area (Å²) in [7, 11) is 0. The van der Waals surface area contributed by atoms with E-state index < -0.39 is 5.97 Å². The maximum atomic E-state index is 13.6. The molecule has 2 heterocycles. The zero-order valence-corrected chi connectivity index (χ0v) is 18.6. The first-order valence-electron chi connectivity index (χ1n) is 12.3. The molecule has 0 atom stereocenters. The number of hydrogen-bond donors (Lipinski definition) is 1. The molecule has 4 rings (SSSR count). The first-order valence-corrected chi connectivity index (χ1v) is 12.3. The fraction of sp³-hybridized carbons (Fsp3) is 0.720. The lowest BCUT2D eigenvalue weighted by Crippen LogP contribution is -2.43. The Morgan fingerprint density at radius 1 is 0.903 bits per heavy atom. The highest BCUT2D eigenvalue weighted by atomic mass is 16.4. The number of hydrogen-bond acceptors (Lipinski definition) is 3. The SMILES string of the molecule is O=C(O)C1CCN(C(=O)c2cc3c(n(CC4CCCCC4)c2=O)CCCCCC3)CC1. The molecular formula is C25H36N2O4. The van der Waals surface area contributed by atoms with E-state index in [2.05, 4.69) is 0 Å². The van der Waals surface area contributed by atoms with Gasteiger partial charge in [0, 0.05) is 25.3 Å². The molecule has 0 bridgehead atoms. The molecule has 170 valence electrons. The van der Waals surface area contributed by atoms with Crippen LogP contribution in [0, 0.1) is 11.8 Å². The van der Waals surface area contributed by atoms with Crippen LogP contribution in [0.5, 0.6) is 0 Å².